The molecule has 0 fully saturated rings. The maximum Gasteiger partial charge on any atom is 0.324 e. The van der Waals surface area contributed by atoms with E-state index in [-0.39, 0.29) is 0 Å². The van der Waals surface area contributed by atoms with E-state index in [1.165, 1.54) is 7.11 Å². The molecule has 1 aromatic heterocycles. The molecule has 0 aliphatic carbocycles. The number of urea groups is 1. The van der Waals surface area contributed by atoms with Crippen LogP contribution >= 0.6 is 0 Å². The Balaban J connectivity index is 2.09. The fraction of sp³-hybridized carbons (Fsp3) is 0.200. The summed E-state index contributed by atoms with van der Waals surface area (Å²) in [7, 11) is 3.10. The van der Waals surface area contributed by atoms with Crippen LogP contribution in [0.25, 0.3) is 0 Å². The molecule has 0 saturated carbocycles. The average Bonchev–Trinajstić information content (AvgIpc) is 2.47. The third kappa shape index (κ3) is 3.85. The Hall–Kier alpha value is -2.76. The van der Waals surface area contributed by atoms with E-state index in [1.807, 2.05) is 13.0 Å². The fourth-order valence-corrected chi connectivity index (χ4v) is 1.78. The van der Waals surface area contributed by atoms with Crippen LogP contribution < -0.4 is 20.1 Å². The number of benzene rings is 1. The van der Waals surface area contributed by atoms with E-state index >= 15 is 0 Å². The second-order valence-electron chi connectivity index (χ2n) is 4.36. The minimum Gasteiger partial charge on any atom is -0.497 e. The maximum atomic E-state index is 12.0. The summed E-state index contributed by atoms with van der Waals surface area (Å²) < 4.78 is 10.3. The molecule has 6 nitrogen and oxygen atoms in total. The van der Waals surface area contributed by atoms with Crippen LogP contribution in [0, 0.1) is 6.92 Å². The summed E-state index contributed by atoms with van der Waals surface area (Å²) in [6.07, 6.45) is 1.64. The molecule has 1 heterocycles. The van der Waals surface area contributed by atoms with Crippen molar-refractivity contribution in [3.8, 4) is 11.5 Å². The molecule has 2 N–H and O–H groups in total. The van der Waals surface area contributed by atoms with Crippen LogP contribution in [0.4, 0.5) is 16.3 Å². The van der Waals surface area contributed by atoms with E-state index in [4.69, 9.17) is 9.47 Å². The smallest absolute Gasteiger partial charge is 0.324 e. The van der Waals surface area contributed by atoms with Gasteiger partial charge in [-0.15, -0.1) is 0 Å². The molecule has 0 atom stereocenters. The van der Waals surface area contributed by atoms with Crippen molar-refractivity contribution in [3.05, 3.63) is 42.1 Å². The number of anilines is 2. The molecule has 0 radical (unpaired) electrons. The number of methoxy groups -OCH3 is 2. The number of hydrogen-bond acceptors (Lipinski definition) is 4. The van der Waals surface area contributed by atoms with Crippen LogP contribution in [0.15, 0.2) is 36.5 Å². The molecule has 0 bridgehead atoms. The van der Waals surface area contributed by atoms with Crippen molar-refractivity contribution >= 4 is 17.5 Å². The number of pyridine rings is 1. The predicted molar refractivity (Wildman–Crippen MR) is 81.2 cm³/mol. The number of ether oxygens (including phenoxy) is 2. The molecule has 2 amide bonds. The molecule has 0 unspecified atom stereocenters. The zero-order valence-electron chi connectivity index (χ0n) is 12.1. The number of amides is 2. The minimum atomic E-state index is -0.392. The Morgan fingerprint density at radius 3 is 2.57 bits per heavy atom. The van der Waals surface area contributed by atoms with Gasteiger partial charge in [0.05, 0.1) is 19.9 Å². The molecule has 2 aromatic rings. The highest BCUT2D eigenvalue weighted by Crippen LogP contribution is 2.29. The average molecular weight is 287 g/mol. The number of hydrogen-bond donors (Lipinski definition) is 2. The number of aryl methyl sites for hydroxylation is 1. The standard InChI is InChI=1S/C15H17N3O3/c1-10-6-7-16-14(8-10)18-15(19)17-12-5-4-11(20-2)9-13(12)21-3/h4-9H,1-3H3,(H2,16,17,18,19). The monoisotopic (exact) mass is 287 g/mol. The lowest BCUT2D eigenvalue weighted by Crippen LogP contribution is -2.20. The molecule has 0 spiro atoms. The quantitative estimate of drug-likeness (QED) is 0.906. The van der Waals surface area contributed by atoms with Gasteiger partial charge in [-0.05, 0) is 36.8 Å². The normalized spacial score (nSPS) is 9.86. The number of carbonyl (C=O) groups is 1. The zero-order chi connectivity index (χ0) is 15.2. The van der Waals surface area contributed by atoms with Crippen molar-refractivity contribution in [2.45, 2.75) is 6.92 Å². The third-order valence-corrected chi connectivity index (χ3v) is 2.81. The van der Waals surface area contributed by atoms with Crippen LogP contribution in [-0.4, -0.2) is 25.2 Å². The molecule has 21 heavy (non-hydrogen) atoms. The second-order valence-corrected chi connectivity index (χ2v) is 4.36. The van der Waals surface area contributed by atoms with Crippen LogP contribution in [0.2, 0.25) is 0 Å². The fourth-order valence-electron chi connectivity index (χ4n) is 1.78. The number of carbonyl (C=O) groups excluding carboxylic acids is 1. The highest BCUT2D eigenvalue weighted by atomic mass is 16.5. The van der Waals surface area contributed by atoms with E-state index in [9.17, 15) is 4.79 Å². The third-order valence-electron chi connectivity index (χ3n) is 2.81. The molecular weight excluding hydrogens is 270 g/mol. The van der Waals surface area contributed by atoms with Gasteiger partial charge in [0.1, 0.15) is 17.3 Å². The van der Waals surface area contributed by atoms with E-state index in [1.54, 1.807) is 37.6 Å². The van der Waals surface area contributed by atoms with Crippen molar-refractivity contribution in [1.82, 2.24) is 4.98 Å². The Morgan fingerprint density at radius 1 is 1.10 bits per heavy atom. The molecule has 0 aliphatic heterocycles. The summed E-state index contributed by atoms with van der Waals surface area (Å²) in [6.45, 7) is 1.93. The largest absolute Gasteiger partial charge is 0.497 e. The first-order chi connectivity index (χ1) is 10.1. The van der Waals surface area contributed by atoms with Gasteiger partial charge in [0.15, 0.2) is 0 Å². The first kappa shape index (κ1) is 14.6. The Kier molecular flexibility index (Phi) is 4.61. The van der Waals surface area contributed by atoms with E-state index in [2.05, 4.69) is 15.6 Å². The first-order valence-electron chi connectivity index (χ1n) is 6.35. The predicted octanol–water partition coefficient (Wildman–Crippen LogP) is 3.05. The van der Waals surface area contributed by atoms with Crippen molar-refractivity contribution in [3.63, 3.8) is 0 Å². The number of nitrogens with one attached hydrogen (secondary N) is 2. The van der Waals surface area contributed by atoms with Gasteiger partial charge in [-0.2, -0.15) is 0 Å². The Labute approximate surface area is 123 Å². The van der Waals surface area contributed by atoms with Crippen LogP contribution in [0.5, 0.6) is 11.5 Å². The van der Waals surface area contributed by atoms with Crippen molar-refractivity contribution in [1.29, 1.82) is 0 Å². The van der Waals surface area contributed by atoms with Gasteiger partial charge in [0.25, 0.3) is 0 Å². The van der Waals surface area contributed by atoms with E-state index in [0.29, 0.717) is 23.0 Å². The number of nitrogens with zero attached hydrogens (tertiary/aromatic N) is 1. The Bertz CT molecular complexity index is 644. The minimum absolute atomic E-state index is 0.392. The van der Waals surface area contributed by atoms with Gasteiger partial charge >= 0.3 is 6.03 Å². The lowest BCUT2D eigenvalue weighted by Gasteiger charge is -2.12. The van der Waals surface area contributed by atoms with Crippen LogP contribution in [0.1, 0.15) is 5.56 Å². The van der Waals surface area contributed by atoms with Crippen molar-refractivity contribution < 1.29 is 14.3 Å². The lowest BCUT2D eigenvalue weighted by atomic mass is 10.2. The molecule has 0 saturated heterocycles. The van der Waals surface area contributed by atoms with Crippen molar-refractivity contribution in [2.24, 2.45) is 0 Å². The summed E-state index contributed by atoms with van der Waals surface area (Å²) in [6, 6.07) is 8.39. The highest BCUT2D eigenvalue weighted by Gasteiger charge is 2.09. The van der Waals surface area contributed by atoms with Gasteiger partial charge in [0, 0.05) is 12.3 Å². The molecule has 0 aliphatic rings. The van der Waals surface area contributed by atoms with Gasteiger partial charge < -0.3 is 14.8 Å². The van der Waals surface area contributed by atoms with Gasteiger partial charge in [-0.1, -0.05) is 0 Å². The van der Waals surface area contributed by atoms with Gasteiger partial charge in [-0.25, -0.2) is 9.78 Å². The van der Waals surface area contributed by atoms with Crippen molar-refractivity contribution in [2.75, 3.05) is 24.9 Å². The van der Waals surface area contributed by atoms with E-state index in [0.717, 1.165) is 5.56 Å². The lowest BCUT2D eigenvalue weighted by molar-refractivity contribution is 0.262. The molecule has 6 heteroatoms. The summed E-state index contributed by atoms with van der Waals surface area (Å²) in [5.74, 6) is 1.65. The molecular formula is C15H17N3O3. The highest BCUT2D eigenvalue weighted by molar-refractivity contribution is 6.00. The summed E-state index contributed by atoms with van der Waals surface area (Å²) in [4.78, 5) is 16.0. The Morgan fingerprint density at radius 2 is 1.90 bits per heavy atom. The van der Waals surface area contributed by atoms with Crippen LogP contribution in [-0.2, 0) is 0 Å². The molecule has 1 aromatic carbocycles. The number of rotatable bonds is 4. The van der Waals surface area contributed by atoms with Gasteiger partial charge in [-0.3, -0.25) is 5.32 Å². The summed E-state index contributed by atoms with van der Waals surface area (Å²) >= 11 is 0. The summed E-state index contributed by atoms with van der Waals surface area (Å²) in [5, 5.41) is 5.37. The maximum absolute atomic E-state index is 12.0. The molecule has 110 valence electrons. The SMILES string of the molecule is COc1ccc(NC(=O)Nc2cc(C)ccn2)c(OC)c1. The second kappa shape index (κ2) is 6.60. The van der Waals surface area contributed by atoms with Gasteiger partial charge in [0.2, 0.25) is 0 Å². The summed E-state index contributed by atoms with van der Waals surface area (Å²) in [5.41, 5.74) is 1.56. The topological polar surface area (TPSA) is 72.5 Å². The van der Waals surface area contributed by atoms with Crippen LogP contribution in [0.3, 0.4) is 0 Å². The zero-order valence-corrected chi connectivity index (χ0v) is 12.1. The first-order valence-corrected chi connectivity index (χ1v) is 6.35. The molecule has 2 rings (SSSR count). The van der Waals surface area contributed by atoms with E-state index < -0.39 is 6.03 Å². The number of aromatic nitrogens is 1.